The minimum atomic E-state index is -0.476. The Morgan fingerprint density at radius 1 is 1.05 bits per heavy atom. The summed E-state index contributed by atoms with van der Waals surface area (Å²) >= 11 is 22.1. The lowest BCUT2D eigenvalue weighted by atomic mass is 9.99. The van der Waals surface area contributed by atoms with Crippen molar-refractivity contribution in [2.45, 2.75) is 13.0 Å². The van der Waals surface area contributed by atoms with Crippen LogP contribution in [0.15, 0.2) is 34.8 Å². The van der Waals surface area contributed by atoms with Gasteiger partial charge in [-0.1, -0.05) is 50.7 Å². The molecule has 0 aliphatic rings. The van der Waals surface area contributed by atoms with Crippen molar-refractivity contribution >= 4 is 50.7 Å². The van der Waals surface area contributed by atoms with Crippen molar-refractivity contribution in [1.82, 2.24) is 0 Å². The molecule has 1 atom stereocenters. The maximum Gasteiger partial charge on any atom is 0.139 e. The van der Waals surface area contributed by atoms with Crippen LogP contribution in [0.3, 0.4) is 0 Å². The first-order valence-corrected chi connectivity index (χ1v) is 8.19. The number of hydrogen-bond acceptors (Lipinski definition) is 2. The van der Waals surface area contributed by atoms with Crippen LogP contribution in [0.5, 0.6) is 5.75 Å². The van der Waals surface area contributed by atoms with Crippen molar-refractivity contribution in [1.29, 1.82) is 0 Å². The van der Waals surface area contributed by atoms with Gasteiger partial charge in [-0.05, 0) is 42.3 Å². The van der Waals surface area contributed by atoms with Crippen LogP contribution in [-0.2, 0) is 0 Å². The Morgan fingerprint density at radius 2 is 1.71 bits per heavy atom. The molecule has 0 radical (unpaired) electrons. The standard InChI is InChI=1S/C15H13BrCl3NO/c1-2-21-14-7-12(18)10(6-13(14)19)15(20)9-5-8(16)3-4-11(9)17/h3-7,15H,2,20H2,1H3. The summed E-state index contributed by atoms with van der Waals surface area (Å²) in [6, 6.07) is 8.42. The summed E-state index contributed by atoms with van der Waals surface area (Å²) in [5.74, 6) is 0.542. The zero-order valence-electron chi connectivity index (χ0n) is 11.2. The van der Waals surface area contributed by atoms with Crippen molar-refractivity contribution in [2.24, 2.45) is 5.73 Å². The summed E-state index contributed by atoms with van der Waals surface area (Å²) in [6.45, 7) is 2.39. The molecular weight excluding hydrogens is 396 g/mol. The lowest BCUT2D eigenvalue weighted by Gasteiger charge is -2.18. The summed E-state index contributed by atoms with van der Waals surface area (Å²) in [6.07, 6.45) is 0. The summed E-state index contributed by atoms with van der Waals surface area (Å²) < 4.78 is 6.30. The number of benzene rings is 2. The molecule has 2 nitrogen and oxygen atoms in total. The SMILES string of the molecule is CCOc1cc(Cl)c(C(N)c2cc(Br)ccc2Cl)cc1Cl. The van der Waals surface area contributed by atoms with Crippen LogP contribution in [0.25, 0.3) is 0 Å². The van der Waals surface area contributed by atoms with Gasteiger partial charge in [0.2, 0.25) is 0 Å². The number of halogens is 4. The van der Waals surface area contributed by atoms with Crippen molar-refractivity contribution in [3.63, 3.8) is 0 Å². The Balaban J connectivity index is 2.46. The molecule has 0 heterocycles. The fraction of sp³-hybridized carbons (Fsp3) is 0.200. The molecule has 21 heavy (non-hydrogen) atoms. The third-order valence-corrected chi connectivity index (χ3v) is 4.44. The van der Waals surface area contributed by atoms with Crippen molar-refractivity contribution in [2.75, 3.05) is 6.61 Å². The highest BCUT2D eigenvalue weighted by Crippen LogP contribution is 2.37. The topological polar surface area (TPSA) is 35.2 Å². The van der Waals surface area contributed by atoms with Gasteiger partial charge in [-0.15, -0.1) is 0 Å². The molecule has 2 aromatic carbocycles. The normalized spacial score (nSPS) is 12.3. The molecule has 2 N–H and O–H groups in total. The second-order valence-corrected chi connectivity index (χ2v) is 6.52. The van der Waals surface area contributed by atoms with Gasteiger partial charge in [0.1, 0.15) is 5.75 Å². The van der Waals surface area contributed by atoms with Crippen LogP contribution in [-0.4, -0.2) is 6.61 Å². The smallest absolute Gasteiger partial charge is 0.139 e. The predicted molar refractivity (Wildman–Crippen MR) is 92.8 cm³/mol. The van der Waals surface area contributed by atoms with Crippen LogP contribution in [0.2, 0.25) is 15.1 Å². The van der Waals surface area contributed by atoms with Crippen molar-refractivity contribution < 1.29 is 4.74 Å². The number of ether oxygens (including phenoxy) is 1. The van der Waals surface area contributed by atoms with E-state index in [0.717, 1.165) is 10.0 Å². The maximum atomic E-state index is 6.30. The van der Waals surface area contributed by atoms with Gasteiger partial charge in [0, 0.05) is 20.6 Å². The van der Waals surface area contributed by atoms with E-state index in [1.165, 1.54) is 0 Å². The Labute approximate surface area is 147 Å². The van der Waals surface area contributed by atoms with Crippen LogP contribution in [0.4, 0.5) is 0 Å². The van der Waals surface area contributed by atoms with E-state index in [0.29, 0.717) is 33.0 Å². The number of hydrogen-bond donors (Lipinski definition) is 1. The molecule has 0 amide bonds. The number of nitrogens with two attached hydrogens (primary N) is 1. The summed E-state index contributed by atoms with van der Waals surface area (Å²) in [5.41, 5.74) is 7.76. The Morgan fingerprint density at radius 3 is 2.38 bits per heavy atom. The van der Waals surface area contributed by atoms with E-state index in [1.54, 1.807) is 18.2 Å². The van der Waals surface area contributed by atoms with E-state index in [2.05, 4.69) is 15.9 Å². The van der Waals surface area contributed by atoms with Gasteiger partial charge >= 0.3 is 0 Å². The third kappa shape index (κ3) is 3.85. The molecule has 2 aromatic rings. The van der Waals surface area contributed by atoms with E-state index in [1.807, 2.05) is 19.1 Å². The highest BCUT2D eigenvalue weighted by atomic mass is 79.9. The van der Waals surface area contributed by atoms with Gasteiger partial charge in [0.05, 0.1) is 17.7 Å². The summed E-state index contributed by atoms with van der Waals surface area (Å²) in [7, 11) is 0. The van der Waals surface area contributed by atoms with Gasteiger partial charge < -0.3 is 10.5 Å². The molecule has 112 valence electrons. The largest absolute Gasteiger partial charge is 0.492 e. The molecule has 2 rings (SSSR count). The lowest BCUT2D eigenvalue weighted by molar-refractivity contribution is 0.340. The van der Waals surface area contributed by atoms with E-state index in [4.69, 9.17) is 45.3 Å². The molecular formula is C15H13BrCl3NO. The third-order valence-electron chi connectivity index (χ3n) is 2.98. The molecule has 0 saturated heterocycles. The van der Waals surface area contributed by atoms with Gasteiger partial charge in [-0.25, -0.2) is 0 Å². The van der Waals surface area contributed by atoms with Gasteiger partial charge in [-0.2, -0.15) is 0 Å². The van der Waals surface area contributed by atoms with E-state index in [-0.39, 0.29) is 0 Å². The van der Waals surface area contributed by atoms with Crippen LogP contribution in [0.1, 0.15) is 24.1 Å². The van der Waals surface area contributed by atoms with Crippen LogP contribution in [0, 0.1) is 0 Å². The molecule has 0 spiro atoms. The van der Waals surface area contributed by atoms with Crippen molar-refractivity contribution in [3.8, 4) is 5.75 Å². The molecule has 0 fully saturated rings. The van der Waals surface area contributed by atoms with E-state index >= 15 is 0 Å². The fourth-order valence-corrected chi connectivity index (χ4v) is 3.08. The van der Waals surface area contributed by atoms with Gasteiger partial charge in [0.25, 0.3) is 0 Å². The molecule has 0 saturated carbocycles. The molecule has 6 heteroatoms. The zero-order chi connectivity index (χ0) is 15.6. The summed E-state index contributed by atoms with van der Waals surface area (Å²) in [4.78, 5) is 0. The monoisotopic (exact) mass is 407 g/mol. The Kier molecular flexibility index (Phi) is 5.81. The molecule has 0 aliphatic carbocycles. The second-order valence-electron chi connectivity index (χ2n) is 4.38. The Hall–Kier alpha value is -0.450. The molecule has 0 aliphatic heterocycles. The minimum Gasteiger partial charge on any atom is -0.492 e. The first kappa shape index (κ1) is 16.9. The van der Waals surface area contributed by atoms with Gasteiger partial charge in [-0.3, -0.25) is 0 Å². The number of rotatable bonds is 4. The van der Waals surface area contributed by atoms with Crippen LogP contribution >= 0.6 is 50.7 Å². The van der Waals surface area contributed by atoms with E-state index < -0.39 is 6.04 Å². The van der Waals surface area contributed by atoms with Crippen LogP contribution < -0.4 is 10.5 Å². The Bertz CT molecular complexity index is 664. The maximum absolute atomic E-state index is 6.30. The van der Waals surface area contributed by atoms with E-state index in [9.17, 15) is 0 Å². The average Bonchev–Trinajstić information content (AvgIpc) is 2.44. The van der Waals surface area contributed by atoms with Crippen molar-refractivity contribution in [3.05, 3.63) is 61.0 Å². The summed E-state index contributed by atoms with van der Waals surface area (Å²) in [5, 5.41) is 1.54. The molecule has 1 unspecified atom stereocenters. The first-order valence-electron chi connectivity index (χ1n) is 6.26. The highest BCUT2D eigenvalue weighted by Gasteiger charge is 2.18. The average molecular weight is 410 g/mol. The van der Waals surface area contributed by atoms with Gasteiger partial charge in [0.15, 0.2) is 0 Å². The predicted octanol–water partition coefficient (Wildman–Crippen LogP) is 5.86. The zero-order valence-corrected chi connectivity index (χ0v) is 15.0. The molecule has 0 bridgehead atoms. The minimum absolute atomic E-state index is 0.470. The molecule has 0 aromatic heterocycles. The lowest BCUT2D eigenvalue weighted by Crippen LogP contribution is -2.13. The second kappa shape index (κ2) is 7.21. The first-order chi connectivity index (χ1) is 9.93. The quantitative estimate of drug-likeness (QED) is 0.687. The highest BCUT2D eigenvalue weighted by molar-refractivity contribution is 9.10. The fourth-order valence-electron chi connectivity index (χ4n) is 1.97.